The summed E-state index contributed by atoms with van der Waals surface area (Å²) in [5, 5.41) is 4.26. The van der Waals surface area contributed by atoms with E-state index in [1.54, 1.807) is 42.7 Å². The third kappa shape index (κ3) is 4.68. The lowest BCUT2D eigenvalue weighted by Crippen LogP contribution is -2.39. The Morgan fingerprint density at radius 2 is 2.10 bits per heavy atom. The van der Waals surface area contributed by atoms with Gasteiger partial charge in [0.25, 0.3) is 5.91 Å². The van der Waals surface area contributed by atoms with Crippen LogP contribution in [0.5, 0.6) is 11.6 Å². The van der Waals surface area contributed by atoms with Gasteiger partial charge in [-0.3, -0.25) is 9.20 Å². The molecule has 2 atom stereocenters. The Hall–Kier alpha value is -3.33. The summed E-state index contributed by atoms with van der Waals surface area (Å²) in [6.45, 7) is 3.41. The van der Waals surface area contributed by atoms with Crippen LogP contribution in [0.2, 0.25) is 10.0 Å². The van der Waals surface area contributed by atoms with Gasteiger partial charge in [0.1, 0.15) is 28.8 Å². The molecule has 2 aromatic heterocycles. The van der Waals surface area contributed by atoms with E-state index in [2.05, 4.69) is 5.32 Å². The highest BCUT2D eigenvalue weighted by Crippen LogP contribution is 2.45. The first-order chi connectivity index (χ1) is 19.4. The smallest absolute Gasteiger partial charge is 0.275 e. The van der Waals surface area contributed by atoms with Gasteiger partial charge in [-0.05, 0) is 74.7 Å². The van der Waals surface area contributed by atoms with E-state index in [1.807, 2.05) is 23.1 Å². The zero-order chi connectivity index (χ0) is 28.0. The second-order valence-electron chi connectivity index (χ2n) is 10.2. The number of carbonyl (C=O) groups excluding carboxylic acids is 1. The Morgan fingerprint density at radius 1 is 1.25 bits per heavy atom. The molecule has 1 amide bonds. The minimum Gasteiger partial charge on any atom is -0.489 e. The fourth-order valence-electron chi connectivity index (χ4n) is 5.73. The van der Waals surface area contributed by atoms with E-state index < -0.39 is 0 Å². The number of methoxy groups -OCH3 is 1. The fraction of sp³-hybridized carbons (Fsp3) is 0.333. The van der Waals surface area contributed by atoms with Gasteiger partial charge >= 0.3 is 0 Å². The maximum absolute atomic E-state index is 14.6. The highest BCUT2D eigenvalue weighted by molar-refractivity contribution is 6.43. The average molecular weight is 583 g/mol. The molecule has 7 nitrogen and oxygen atoms in total. The maximum Gasteiger partial charge on any atom is 0.275 e. The standard InChI is InChI=1S/C30H29Cl2FN4O3/c1-17-15-18(8-11-22(17)33)28-27(35-24-6-3-7-25(39-2)37(24)28)30(38)36(14-12-19-5-4-13-34-19)23-16-40-29-20(23)9-10-21(31)26(29)32/h3,6-11,15,19,23,34H,4-5,12-14,16H2,1-2H3/t19-,23?/m0/s1. The Morgan fingerprint density at radius 3 is 2.85 bits per heavy atom. The number of aromatic nitrogens is 2. The van der Waals surface area contributed by atoms with E-state index in [9.17, 15) is 9.18 Å². The molecule has 0 radical (unpaired) electrons. The van der Waals surface area contributed by atoms with Gasteiger partial charge in [0, 0.05) is 23.7 Å². The zero-order valence-electron chi connectivity index (χ0n) is 22.2. The molecule has 208 valence electrons. The van der Waals surface area contributed by atoms with Gasteiger partial charge < -0.3 is 19.7 Å². The van der Waals surface area contributed by atoms with Crippen molar-refractivity contribution >= 4 is 34.8 Å². The second-order valence-corrected chi connectivity index (χ2v) is 11.0. The number of carbonyl (C=O) groups is 1. The highest BCUT2D eigenvalue weighted by atomic mass is 35.5. The molecule has 0 aliphatic carbocycles. The number of nitrogens with zero attached hydrogens (tertiary/aromatic N) is 3. The Bertz CT molecular complexity index is 1600. The Balaban J connectivity index is 1.49. The van der Waals surface area contributed by atoms with E-state index in [0.717, 1.165) is 31.4 Å². The third-order valence-corrected chi connectivity index (χ3v) is 8.58. The van der Waals surface area contributed by atoms with Crippen LogP contribution < -0.4 is 14.8 Å². The molecule has 2 aliphatic heterocycles. The first kappa shape index (κ1) is 26.9. The molecule has 1 fully saturated rings. The van der Waals surface area contributed by atoms with Crippen molar-refractivity contribution in [2.24, 2.45) is 0 Å². The maximum atomic E-state index is 14.6. The summed E-state index contributed by atoms with van der Waals surface area (Å²) < 4.78 is 27.7. The van der Waals surface area contributed by atoms with Gasteiger partial charge in [0.05, 0.1) is 23.9 Å². The van der Waals surface area contributed by atoms with E-state index >= 15 is 0 Å². The average Bonchev–Trinajstić information content (AvgIpc) is 3.71. The number of fused-ring (bicyclic) bond motifs is 2. The number of benzene rings is 2. The largest absolute Gasteiger partial charge is 0.489 e. The number of amides is 1. The van der Waals surface area contributed by atoms with Gasteiger partial charge in [0.15, 0.2) is 11.6 Å². The second kappa shape index (κ2) is 10.9. The van der Waals surface area contributed by atoms with E-state index in [0.29, 0.717) is 56.7 Å². The monoisotopic (exact) mass is 582 g/mol. The number of hydrogen-bond acceptors (Lipinski definition) is 5. The number of imidazole rings is 1. The number of pyridine rings is 1. The third-order valence-electron chi connectivity index (χ3n) is 7.79. The van der Waals surface area contributed by atoms with Crippen molar-refractivity contribution in [3.8, 4) is 22.9 Å². The van der Waals surface area contributed by atoms with Crippen LogP contribution in [0.25, 0.3) is 16.9 Å². The molecule has 0 spiro atoms. The van der Waals surface area contributed by atoms with Crippen LogP contribution in [-0.2, 0) is 0 Å². The molecule has 0 bridgehead atoms. The summed E-state index contributed by atoms with van der Waals surface area (Å²) in [6.07, 6.45) is 2.95. The molecule has 10 heteroatoms. The van der Waals surface area contributed by atoms with Gasteiger partial charge in [-0.1, -0.05) is 35.3 Å². The number of ether oxygens (including phenoxy) is 2. The van der Waals surface area contributed by atoms with Crippen molar-refractivity contribution < 1.29 is 18.7 Å². The predicted molar refractivity (Wildman–Crippen MR) is 153 cm³/mol. The molecule has 1 N–H and O–H groups in total. The lowest BCUT2D eigenvalue weighted by atomic mass is 10.0. The Labute approximate surface area is 241 Å². The van der Waals surface area contributed by atoms with Gasteiger partial charge in [-0.25, -0.2) is 9.37 Å². The summed E-state index contributed by atoms with van der Waals surface area (Å²) in [6, 6.07) is 13.8. The molecule has 2 aliphatic rings. The predicted octanol–water partition coefficient (Wildman–Crippen LogP) is 6.48. The molecule has 1 saturated heterocycles. The summed E-state index contributed by atoms with van der Waals surface area (Å²) in [5.74, 6) is 0.437. The van der Waals surface area contributed by atoms with Gasteiger partial charge in [0.2, 0.25) is 0 Å². The highest BCUT2D eigenvalue weighted by Gasteiger charge is 2.37. The summed E-state index contributed by atoms with van der Waals surface area (Å²) in [5.41, 5.74) is 3.28. The first-order valence-corrected chi connectivity index (χ1v) is 14.1. The van der Waals surface area contributed by atoms with E-state index in [1.165, 1.54) is 6.07 Å². The van der Waals surface area contributed by atoms with E-state index in [4.69, 9.17) is 37.7 Å². The van der Waals surface area contributed by atoms with Gasteiger partial charge in [-0.15, -0.1) is 0 Å². The van der Waals surface area contributed by atoms with Crippen molar-refractivity contribution in [1.29, 1.82) is 0 Å². The van der Waals surface area contributed by atoms with Crippen molar-refractivity contribution in [2.75, 3.05) is 26.8 Å². The summed E-state index contributed by atoms with van der Waals surface area (Å²) >= 11 is 12.7. The topological polar surface area (TPSA) is 68.1 Å². The fourth-order valence-corrected chi connectivity index (χ4v) is 6.10. The molecule has 0 saturated carbocycles. The van der Waals surface area contributed by atoms with Crippen molar-refractivity contribution in [3.05, 3.63) is 81.2 Å². The van der Waals surface area contributed by atoms with E-state index in [-0.39, 0.29) is 30.1 Å². The normalized spacial score (nSPS) is 18.1. The number of halogens is 3. The molecular weight excluding hydrogens is 554 g/mol. The SMILES string of the molecule is COc1cccc2nc(C(=O)N(CC[C@@H]3CCCN3)C3COc4c3ccc(Cl)c4Cl)c(-c3ccc(F)c(C)c3)n12. The minimum absolute atomic E-state index is 0.251. The van der Waals surface area contributed by atoms with Crippen molar-refractivity contribution in [3.63, 3.8) is 0 Å². The molecule has 40 heavy (non-hydrogen) atoms. The lowest BCUT2D eigenvalue weighted by molar-refractivity contribution is 0.0636. The van der Waals surface area contributed by atoms with Crippen LogP contribution in [0, 0.1) is 12.7 Å². The van der Waals surface area contributed by atoms with Crippen LogP contribution in [0.4, 0.5) is 4.39 Å². The molecule has 6 rings (SSSR count). The molecule has 2 aromatic carbocycles. The van der Waals surface area contributed by atoms with Crippen molar-refractivity contribution in [2.45, 2.75) is 38.3 Å². The number of rotatable bonds is 7. The van der Waals surface area contributed by atoms with Crippen LogP contribution in [0.3, 0.4) is 0 Å². The van der Waals surface area contributed by atoms with Crippen LogP contribution >= 0.6 is 23.2 Å². The zero-order valence-corrected chi connectivity index (χ0v) is 23.7. The van der Waals surface area contributed by atoms with Crippen LogP contribution in [0.15, 0.2) is 48.5 Å². The lowest BCUT2D eigenvalue weighted by Gasteiger charge is -2.29. The first-order valence-electron chi connectivity index (χ1n) is 13.3. The molecule has 4 aromatic rings. The summed E-state index contributed by atoms with van der Waals surface area (Å²) in [4.78, 5) is 21.2. The number of aryl methyl sites for hydroxylation is 1. The molecule has 1 unspecified atom stereocenters. The number of hydrogen-bond donors (Lipinski definition) is 1. The molecular formula is C30H29Cl2FN4O3. The number of nitrogens with one attached hydrogen (secondary N) is 1. The van der Waals surface area contributed by atoms with Crippen LogP contribution in [0.1, 0.15) is 46.9 Å². The minimum atomic E-state index is -0.381. The van der Waals surface area contributed by atoms with Crippen molar-refractivity contribution in [1.82, 2.24) is 19.6 Å². The molecule has 4 heterocycles. The van der Waals surface area contributed by atoms with Gasteiger partial charge in [-0.2, -0.15) is 0 Å². The Kier molecular flexibility index (Phi) is 7.33. The van der Waals surface area contributed by atoms with Crippen LogP contribution in [-0.4, -0.2) is 53.0 Å². The summed E-state index contributed by atoms with van der Waals surface area (Å²) in [7, 11) is 1.57. The quantitative estimate of drug-likeness (QED) is 0.270.